The van der Waals surface area contributed by atoms with E-state index in [-0.39, 0.29) is 17.3 Å². The number of anilines is 1. The summed E-state index contributed by atoms with van der Waals surface area (Å²) in [5.74, 6) is -0.235. The third kappa shape index (κ3) is 3.38. The molecule has 0 aliphatic carbocycles. The third-order valence-electron chi connectivity index (χ3n) is 3.61. The quantitative estimate of drug-likeness (QED) is 0.563. The largest absolute Gasteiger partial charge is 0.506 e. The van der Waals surface area contributed by atoms with E-state index < -0.39 is 0 Å². The zero-order valence-corrected chi connectivity index (χ0v) is 11.2. The maximum Gasteiger partial charge on any atom is 0.251 e. The molecule has 1 aliphatic rings. The van der Waals surface area contributed by atoms with Gasteiger partial charge in [0.05, 0.1) is 5.69 Å². The van der Waals surface area contributed by atoms with Gasteiger partial charge in [-0.3, -0.25) is 9.69 Å². The smallest absolute Gasteiger partial charge is 0.251 e. The molecule has 1 aromatic carbocycles. The molecular weight excluding hydrogens is 242 g/mol. The van der Waals surface area contributed by atoms with Crippen LogP contribution in [0.3, 0.4) is 0 Å². The molecule has 0 aromatic heterocycles. The monoisotopic (exact) mass is 263 g/mol. The van der Waals surface area contributed by atoms with Crippen molar-refractivity contribution in [3.8, 4) is 5.75 Å². The van der Waals surface area contributed by atoms with E-state index in [1.54, 1.807) is 6.07 Å². The number of amides is 1. The molecule has 1 fully saturated rings. The van der Waals surface area contributed by atoms with Crippen molar-refractivity contribution in [3.05, 3.63) is 23.8 Å². The van der Waals surface area contributed by atoms with Crippen LogP contribution in [0, 0.1) is 0 Å². The van der Waals surface area contributed by atoms with Gasteiger partial charge < -0.3 is 16.2 Å². The van der Waals surface area contributed by atoms with Crippen LogP contribution >= 0.6 is 0 Å². The molecule has 5 heteroatoms. The summed E-state index contributed by atoms with van der Waals surface area (Å²) in [6, 6.07) is 4.89. The Morgan fingerprint density at radius 3 is 2.79 bits per heavy atom. The number of likely N-dealkylation sites (tertiary alicyclic amines) is 1. The Morgan fingerprint density at radius 2 is 2.16 bits per heavy atom. The van der Waals surface area contributed by atoms with Crippen molar-refractivity contribution < 1.29 is 9.90 Å². The lowest BCUT2D eigenvalue weighted by Crippen LogP contribution is -2.40. The van der Waals surface area contributed by atoms with Gasteiger partial charge in [0.25, 0.3) is 5.91 Å². The van der Waals surface area contributed by atoms with E-state index >= 15 is 0 Å². The SMILES string of the molecule is CC(CNC(=O)c1ccc(N)c(O)c1)N1CCCC1. The summed E-state index contributed by atoms with van der Waals surface area (Å²) >= 11 is 0. The van der Waals surface area contributed by atoms with Crippen molar-refractivity contribution >= 4 is 11.6 Å². The number of carbonyl (C=O) groups excluding carboxylic acids is 1. The molecule has 5 nitrogen and oxygen atoms in total. The van der Waals surface area contributed by atoms with Gasteiger partial charge in [0.1, 0.15) is 5.75 Å². The predicted molar refractivity (Wildman–Crippen MR) is 75.1 cm³/mol. The fraction of sp³-hybridized carbons (Fsp3) is 0.500. The molecule has 1 saturated heterocycles. The number of nitrogen functional groups attached to an aromatic ring is 1. The topological polar surface area (TPSA) is 78.6 Å². The Balaban J connectivity index is 1.88. The Morgan fingerprint density at radius 1 is 1.47 bits per heavy atom. The molecule has 19 heavy (non-hydrogen) atoms. The highest BCUT2D eigenvalue weighted by Crippen LogP contribution is 2.20. The molecule has 0 bridgehead atoms. The van der Waals surface area contributed by atoms with E-state index in [9.17, 15) is 9.90 Å². The number of benzene rings is 1. The Labute approximate surface area is 113 Å². The summed E-state index contributed by atoms with van der Waals surface area (Å²) in [6.45, 7) is 4.95. The first-order valence-corrected chi connectivity index (χ1v) is 6.68. The summed E-state index contributed by atoms with van der Waals surface area (Å²) in [5, 5.41) is 12.4. The van der Waals surface area contributed by atoms with Gasteiger partial charge in [0, 0.05) is 18.2 Å². The number of hydrogen-bond donors (Lipinski definition) is 3. The van der Waals surface area contributed by atoms with Crippen molar-refractivity contribution in [2.75, 3.05) is 25.4 Å². The first-order valence-electron chi connectivity index (χ1n) is 6.68. The molecule has 1 aliphatic heterocycles. The van der Waals surface area contributed by atoms with Gasteiger partial charge in [0.15, 0.2) is 0 Å². The average Bonchev–Trinajstić information content (AvgIpc) is 2.92. The maximum absolute atomic E-state index is 11.9. The van der Waals surface area contributed by atoms with Crippen LogP contribution in [0.4, 0.5) is 5.69 Å². The maximum atomic E-state index is 11.9. The van der Waals surface area contributed by atoms with Gasteiger partial charge in [-0.25, -0.2) is 0 Å². The number of hydrogen-bond acceptors (Lipinski definition) is 4. The van der Waals surface area contributed by atoms with E-state index in [0.717, 1.165) is 13.1 Å². The van der Waals surface area contributed by atoms with Gasteiger partial charge in [-0.2, -0.15) is 0 Å². The van der Waals surface area contributed by atoms with E-state index in [1.165, 1.54) is 25.0 Å². The first-order chi connectivity index (χ1) is 9.08. The van der Waals surface area contributed by atoms with Crippen LogP contribution in [0.5, 0.6) is 5.75 Å². The molecule has 1 amide bonds. The summed E-state index contributed by atoms with van der Waals surface area (Å²) < 4.78 is 0. The molecule has 1 unspecified atom stereocenters. The Bertz CT molecular complexity index is 456. The van der Waals surface area contributed by atoms with Crippen LogP contribution in [0.1, 0.15) is 30.1 Å². The predicted octanol–water partition coefficient (Wildman–Crippen LogP) is 1.19. The van der Waals surface area contributed by atoms with E-state index in [2.05, 4.69) is 17.1 Å². The molecular formula is C14H21N3O2. The minimum Gasteiger partial charge on any atom is -0.506 e. The van der Waals surface area contributed by atoms with Crippen LogP contribution in [-0.2, 0) is 0 Å². The van der Waals surface area contributed by atoms with Crippen LogP contribution in [0.15, 0.2) is 18.2 Å². The molecule has 0 spiro atoms. The molecule has 104 valence electrons. The lowest BCUT2D eigenvalue weighted by atomic mass is 10.1. The molecule has 1 heterocycles. The minimum absolute atomic E-state index is 0.0553. The average molecular weight is 263 g/mol. The normalized spacial score (nSPS) is 17.3. The Kier molecular flexibility index (Phi) is 4.27. The molecule has 0 saturated carbocycles. The number of nitrogens with two attached hydrogens (primary N) is 1. The highest BCUT2D eigenvalue weighted by Gasteiger charge is 2.18. The molecule has 1 aromatic rings. The second-order valence-electron chi connectivity index (χ2n) is 5.08. The van der Waals surface area contributed by atoms with Crippen molar-refractivity contribution in [2.45, 2.75) is 25.8 Å². The van der Waals surface area contributed by atoms with Crippen LogP contribution in [0.2, 0.25) is 0 Å². The first kappa shape index (κ1) is 13.7. The van der Waals surface area contributed by atoms with Crippen molar-refractivity contribution in [1.29, 1.82) is 0 Å². The van der Waals surface area contributed by atoms with E-state index in [1.807, 2.05) is 0 Å². The summed E-state index contributed by atoms with van der Waals surface area (Å²) in [4.78, 5) is 14.3. The fourth-order valence-corrected chi connectivity index (χ4v) is 2.34. The molecule has 2 rings (SSSR count). The highest BCUT2D eigenvalue weighted by molar-refractivity contribution is 5.95. The highest BCUT2D eigenvalue weighted by atomic mass is 16.3. The zero-order valence-electron chi connectivity index (χ0n) is 11.2. The van der Waals surface area contributed by atoms with Crippen molar-refractivity contribution in [3.63, 3.8) is 0 Å². The van der Waals surface area contributed by atoms with Gasteiger partial charge in [-0.15, -0.1) is 0 Å². The number of phenols is 1. The van der Waals surface area contributed by atoms with E-state index in [4.69, 9.17) is 5.73 Å². The van der Waals surface area contributed by atoms with Gasteiger partial charge in [-0.1, -0.05) is 0 Å². The zero-order chi connectivity index (χ0) is 13.8. The second-order valence-corrected chi connectivity index (χ2v) is 5.08. The minimum atomic E-state index is -0.179. The summed E-state index contributed by atoms with van der Waals surface area (Å²) in [5.41, 5.74) is 6.22. The standard InChI is InChI=1S/C14H21N3O2/c1-10(17-6-2-3-7-17)9-16-14(19)11-4-5-12(15)13(18)8-11/h4-5,8,10,18H,2-3,6-7,9,15H2,1H3,(H,16,19). The molecule has 0 radical (unpaired) electrons. The van der Waals surface area contributed by atoms with Gasteiger partial charge in [0.2, 0.25) is 0 Å². The van der Waals surface area contributed by atoms with Gasteiger partial charge >= 0.3 is 0 Å². The van der Waals surface area contributed by atoms with Crippen molar-refractivity contribution in [1.82, 2.24) is 10.2 Å². The van der Waals surface area contributed by atoms with Crippen LogP contribution in [0.25, 0.3) is 0 Å². The van der Waals surface area contributed by atoms with Crippen LogP contribution in [-0.4, -0.2) is 41.6 Å². The lowest BCUT2D eigenvalue weighted by molar-refractivity contribution is 0.0940. The number of phenolic OH excluding ortho intramolecular Hbond substituents is 1. The summed E-state index contributed by atoms with van der Waals surface area (Å²) in [7, 11) is 0. The molecule has 4 N–H and O–H groups in total. The van der Waals surface area contributed by atoms with Crippen molar-refractivity contribution in [2.24, 2.45) is 0 Å². The molecule has 1 atom stereocenters. The fourth-order valence-electron chi connectivity index (χ4n) is 2.34. The lowest BCUT2D eigenvalue weighted by Gasteiger charge is -2.23. The Hall–Kier alpha value is -1.75. The third-order valence-corrected chi connectivity index (χ3v) is 3.61. The van der Waals surface area contributed by atoms with Gasteiger partial charge in [-0.05, 0) is 51.1 Å². The number of rotatable bonds is 4. The second kappa shape index (κ2) is 5.93. The number of nitrogens with zero attached hydrogens (tertiary/aromatic N) is 1. The number of nitrogens with one attached hydrogen (secondary N) is 1. The number of carbonyl (C=O) groups is 1. The van der Waals surface area contributed by atoms with E-state index in [0.29, 0.717) is 18.2 Å². The summed E-state index contributed by atoms with van der Waals surface area (Å²) in [6.07, 6.45) is 2.48. The number of aromatic hydroxyl groups is 1. The van der Waals surface area contributed by atoms with Crippen LogP contribution < -0.4 is 11.1 Å².